The molecule has 0 saturated heterocycles. The molecular weight excluding hydrogens is 214 g/mol. The van der Waals surface area contributed by atoms with E-state index in [4.69, 9.17) is 5.11 Å². The van der Waals surface area contributed by atoms with Crippen LogP contribution in [0.3, 0.4) is 0 Å². The Morgan fingerprint density at radius 1 is 1.53 bits per heavy atom. The van der Waals surface area contributed by atoms with Gasteiger partial charge in [-0.2, -0.15) is 11.8 Å². The summed E-state index contributed by atoms with van der Waals surface area (Å²) in [5.74, 6) is 1.31. The summed E-state index contributed by atoms with van der Waals surface area (Å²) in [6.45, 7) is 3.34. The van der Waals surface area contributed by atoms with Gasteiger partial charge >= 0.3 is 0 Å². The standard InChI is InChI=1S/C10H21NO3S/c1-3-4-5-15-6-9(13)11-7-10(2,14)8-12/h12,14H,3-8H2,1-2H3,(H,11,13). The molecule has 0 aliphatic carbocycles. The lowest BCUT2D eigenvalue weighted by atomic mass is 10.1. The minimum Gasteiger partial charge on any atom is -0.393 e. The first kappa shape index (κ1) is 14.7. The van der Waals surface area contributed by atoms with Crippen LogP contribution in [-0.2, 0) is 4.79 Å². The van der Waals surface area contributed by atoms with E-state index < -0.39 is 5.60 Å². The summed E-state index contributed by atoms with van der Waals surface area (Å²) < 4.78 is 0. The van der Waals surface area contributed by atoms with Crippen LogP contribution in [0.25, 0.3) is 0 Å². The predicted molar refractivity (Wildman–Crippen MR) is 63.0 cm³/mol. The highest BCUT2D eigenvalue weighted by atomic mass is 32.2. The summed E-state index contributed by atoms with van der Waals surface area (Å²) in [6.07, 6.45) is 2.25. The first-order valence-electron chi connectivity index (χ1n) is 5.19. The smallest absolute Gasteiger partial charge is 0.230 e. The van der Waals surface area contributed by atoms with E-state index in [-0.39, 0.29) is 19.1 Å². The average Bonchev–Trinajstić information content (AvgIpc) is 2.22. The molecule has 1 atom stereocenters. The highest BCUT2D eigenvalue weighted by molar-refractivity contribution is 7.99. The van der Waals surface area contributed by atoms with Crippen LogP contribution in [0.5, 0.6) is 0 Å². The zero-order valence-corrected chi connectivity index (χ0v) is 10.3. The predicted octanol–water partition coefficient (Wildman–Crippen LogP) is 0.379. The van der Waals surface area contributed by atoms with E-state index in [9.17, 15) is 9.90 Å². The number of nitrogens with one attached hydrogen (secondary N) is 1. The average molecular weight is 235 g/mol. The highest BCUT2D eigenvalue weighted by Crippen LogP contribution is 2.04. The van der Waals surface area contributed by atoms with Gasteiger partial charge in [-0.15, -0.1) is 0 Å². The van der Waals surface area contributed by atoms with Gasteiger partial charge in [0.1, 0.15) is 5.60 Å². The monoisotopic (exact) mass is 235 g/mol. The van der Waals surface area contributed by atoms with Crippen LogP contribution in [-0.4, -0.2) is 46.4 Å². The molecule has 90 valence electrons. The summed E-state index contributed by atoms with van der Waals surface area (Å²) in [6, 6.07) is 0. The number of aliphatic hydroxyl groups is 2. The molecule has 15 heavy (non-hydrogen) atoms. The first-order chi connectivity index (χ1) is 7.02. The first-order valence-corrected chi connectivity index (χ1v) is 6.35. The van der Waals surface area contributed by atoms with E-state index in [0.29, 0.717) is 5.75 Å². The number of hydrogen-bond donors (Lipinski definition) is 3. The van der Waals surface area contributed by atoms with E-state index in [1.807, 2.05) is 0 Å². The SMILES string of the molecule is CCCCSCC(=O)NCC(C)(O)CO. The Kier molecular flexibility index (Phi) is 7.82. The molecule has 0 aliphatic heterocycles. The number of hydrogen-bond acceptors (Lipinski definition) is 4. The van der Waals surface area contributed by atoms with E-state index in [2.05, 4.69) is 12.2 Å². The lowest BCUT2D eigenvalue weighted by Gasteiger charge is -2.20. The molecule has 0 spiro atoms. The quantitative estimate of drug-likeness (QED) is 0.532. The minimum absolute atomic E-state index is 0.0928. The molecule has 4 nitrogen and oxygen atoms in total. The summed E-state index contributed by atoms with van der Waals surface area (Å²) in [5, 5.41) is 20.7. The largest absolute Gasteiger partial charge is 0.393 e. The molecule has 0 aromatic heterocycles. The topological polar surface area (TPSA) is 69.6 Å². The van der Waals surface area contributed by atoms with Gasteiger partial charge in [0.15, 0.2) is 0 Å². The minimum atomic E-state index is -1.22. The molecule has 0 aliphatic rings. The van der Waals surface area contributed by atoms with Crippen LogP contribution in [0.15, 0.2) is 0 Å². The Labute approximate surface area is 95.4 Å². The van der Waals surface area contributed by atoms with Crippen LogP contribution in [0.4, 0.5) is 0 Å². The van der Waals surface area contributed by atoms with Gasteiger partial charge in [0.25, 0.3) is 0 Å². The number of unbranched alkanes of at least 4 members (excludes halogenated alkanes) is 1. The zero-order valence-electron chi connectivity index (χ0n) is 9.45. The summed E-state index contributed by atoms with van der Waals surface area (Å²) in [4.78, 5) is 11.2. The number of aliphatic hydroxyl groups excluding tert-OH is 1. The molecule has 0 rings (SSSR count). The molecule has 0 aromatic rings. The third-order valence-corrected chi connectivity index (χ3v) is 2.93. The number of thioether (sulfide) groups is 1. The molecule has 0 fully saturated rings. The van der Waals surface area contributed by atoms with Crippen LogP contribution >= 0.6 is 11.8 Å². The van der Waals surface area contributed by atoms with E-state index in [1.54, 1.807) is 11.8 Å². The van der Waals surface area contributed by atoms with Crippen molar-refractivity contribution in [2.75, 3.05) is 24.7 Å². The molecule has 1 amide bonds. The van der Waals surface area contributed by atoms with Crippen molar-refractivity contribution in [3.05, 3.63) is 0 Å². The molecule has 0 heterocycles. The van der Waals surface area contributed by atoms with Gasteiger partial charge in [0.2, 0.25) is 5.91 Å². The second-order valence-corrected chi connectivity index (χ2v) is 4.94. The molecule has 0 bridgehead atoms. The molecule has 5 heteroatoms. The maximum atomic E-state index is 11.2. The van der Waals surface area contributed by atoms with Gasteiger partial charge in [-0.05, 0) is 19.1 Å². The van der Waals surface area contributed by atoms with Gasteiger partial charge in [-0.3, -0.25) is 4.79 Å². The third kappa shape index (κ3) is 8.72. The van der Waals surface area contributed by atoms with E-state index in [1.165, 1.54) is 6.92 Å². The fraction of sp³-hybridized carbons (Fsp3) is 0.900. The molecule has 0 saturated carbocycles. The Hall–Kier alpha value is -0.260. The van der Waals surface area contributed by atoms with Crippen LogP contribution in [0.2, 0.25) is 0 Å². The number of rotatable bonds is 8. The van der Waals surface area contributed by atoms with Crippen molar-refractivity contribution >= 4 is 17.7 Å². The van der Waals surface area contributed by atoms with Gasteiger partial charge in [0, 0.05) is 6.54 Å². The van der Waals surface area contributed by atoms with Crippen molar-refractivity contribution < 1.29 is 15.0 Å². The van der Waals surface area contributed by atoms with Crippen LogP contribution < -0.4 is 5.32 Å². The van der Waals surface area contributed by atoms with Crippen LogP contribution in [0, 0.1) is 0 Å². The summed E-state index contributed by atoms with van der Waals surface area (Å²) in [7, 11) is 0. The molecule has 1 unspecified atom stereocenters. The highest BCUT2D eigenvalue weighted by Gasteiger charge is 2.19. The number of amides is 1. The van der Waals surface area contributed by atoms with Crippen molar-refractivity contribution in [3.63, 3.8) is 0 Å². The van der Waals surface area contributed by atoms with Gasteiger partial charge in [-0.25, -0.2) is 0 Å². The molecule has 3 N–H and O–H groups in total. The van der Waals surface area contributed by atoms with Crippen molar-refractivity contribution in [2.24, 2.45) is 0 Å². The lowest BCUT2D eigenvalue weighted by Crippen LogP contribution is -2.43. The zero-order chi connectivity index (χ0) is 11.7. The van der Waals surface area contributed by atoms with Crippen molar-refractivity contribution in [1.82, 2.24) is 5.32 Å². The van der Waals surface area contributed by atoms with E-state index in [0.717, 1.165) is 18.6 Å². The van der Waals surface area contributed by atoms with Crippen molar-refractivity contribution in [1.29, 1.82) is 0 Å². The Balaban J connectivity index is 3.49. The van der Waals surface area contributed by atoms with Crippen LogP contribution in [0.1, 0.15) is 26.7 Å². The molecular formula is C10H21NO3S. The van der Waals surface area contributed by atoms with E-state index >= 15 is 0 Å². The fourth-order valence-corrected chi connectivity index (χ4v) is 1.73. The van der Waals surface area contributed by atoms with Gasteiger partial charge in [-0.1, -0.05) is 13.3 Å². The third-order valence-electron chi connectivity index (χ3n) is 1.88. The maximum absolute atomic E-state index is 11.2. The van der Waals surface area contributed by atoms with Crippen molar-refractivity contribution in [3.8, 4) is 0 Å². The summed E-state index contributed by atoms with van der Waals surface area (Å²) >= 11 is 1.59. The normalized spacial score (nSPS) is 14.7. The Morgan fingerprint density at radius 3 is 2.73 bits per heavy atom. The molecule has 0 radical (unpaired) electrons. The lowest BCUT2D eigenvalue weighted by molar-refractivity contribution is -0.120. The number of carbonyl (C=O) groups is 1. The molecule has 0 aromatic carbocycles. The Morgan fingerprint density at radius 2 is 2.20 bits per heavy atom. The van der Waals surface area contributed by atoms with Gasteiger partial charge < -0.3 is 15.5 Å². The van der Waals surface area contributed by atoms with Crippen molar-refractivity contribution in [2.45, 2.75) is 32.3 Å². The number of carbonyl (C=O) groups excluding carboxylic acids is 1. The fourth-order valence-electron chi connectivity index (χ4n) is 0.807. The maximum Gasteiger partial charge on any atom is 0.230 e. The Bertz CT molecular complexity index is 186. The van der Waals surface area contributed by atoms with Gasteiger partial charge in [0.05, 0.1) is 12.4 Å². The summed E-state index contributed by atoms with van der Waals surface area (Å²) in [5.41, 5.74) is -1.22. The second-order valence-electron chi connectivity index (χ2n) is 3.84. The second kappa shape index (κ2) is 7.96.